The Balaban J connectivity index is 1.68. The fraction of sp³-hybridized carbons (Fsp3) is 0.550. The average Bonchev–Trinajstić information content (AvgIpc) is 3.21. The van der Waals surface area contributed by atoms with Crippen molar-refractivity contribution in [3.8, 4) is 11.5 Å². The molecule has 136 valence electrons. The molecular formula is C20H28N2O2S. The summed E-state index contributed by atoms with van der Waals surface area (Å²) in [5, 5.41) is 4.87. The lowest BCUT2D eigenvalue weighted by molar-refractivity contribution is 0.294. The summed E-state index contributed by atoms with van der Waals surface area (Å²) in [6.07, 6.45) is 4.59. The molecule has 0 saturated carbocycles. The smallest absolute Gasteiger partial charge is 0.161 e. The Hall–Kier alpha value is -1.59. The minimum Gasteiger partial charge on any atom is -0.493 e. The van der Waals surface area contributed by atoms with Gasteiger partial charge in [-0.3, -0.25) is 0 Å². The maximum absolute atomic E-state index is 5.74. The van der Waals surface area contributed by atoms with E-state index in [1.807, 2.05) is 17.4 Å². The van der Waals surface area contributed by atoms with Gasteiger partial charge >= 0.3 is 0 Å². The SMILES string of the molecule is CCCOc1ccc([C@H](C)N[C@H](C)c2nc3c(s2)CCC3)cc1OC. The maximum atomic E-state index is 5.74. The third-order valence-corrected chi connectivity index (χ3v) is 5.97. The van der Waals surface area contributed by atoms with Crippen molar-refractivity contribution in [1.29, 1.82) is 0 Å². The number of hydrogen-bond donors (Lipinski definition) is 1. The molecule has 25 heavy (non-hydrogen) atoms. The zero-order valence-electron chi connectivity index (χ0n) is 15.6. The Morgan fingerprint density at radius 3 is 2.76 bits per heavy atom. The van der Waals surface area contributed by atoms with Gasteiger partial charge in [-0.2, -0.15) is 0 Å². The van der Waals surface area contributed by atoms with Crippen LogP contribution in [0.5, 0.6) is 11.5 Å². The van der Waals surface area contributed by atoms with Crippen molar-refractivity contribution >= 4 is 11.3 Å². The van der Waals surface area contributed by atoms with Crippen LogP contribution in [0.1, 0.15) is 66.8 Å². The first-order valence-corrected chi connectivity index (χ1v) is 9.99. The largest absolute Gasteiger partial charge is 0.493 e. The monoisotopic (exact) mass is 360 g/mol. The van der Waals surface area contributed by atoms with Crippen molar-refractivity contribution in [2.75, 3.05) is 13.7 Å². The molecular weight excluding hydrogens is 332 g/mol. The molecule has 0 bridgehead atoms. The van der Waals surface area contributed by atoms with E-state index in [4.69, 9.17) is 14.5 Å². The van der Waals surface area contributed by atoms with Crippen molar-refractivity contribution in [3.63, 3.8) is 0 Å². The normalized spacial score (nSPS) is 15.7. The average molecular weight is 361 g/mol. The van der Waals surface area contributed by atoms with Crippen molar-refractivity contribution in [1.82, 2.24) is 10.3 Å². The summed E-state index contributed by atoms with van der Waals surface area (Å²) in [7, 11) is 1.69. The van der Waals surface area contributed by atoms with E-state index in [1.54, 1.807) is 7.11 Å². The van der Waals surface area contributed by atoms with Gasteiger partial charge < -0.3 is 14.8 Å². The van der Waals surface area contributed by atoms with Crippen LogP contribution in [0.3, 0.4) is 0 Å². The van der Waals surface area contributed by atoms with Crippen LogP contribution in [-0.4, -0.2) is 18.7 Å². The van der Waals surface area contributed by atoms with E-state index < -0.39 is 0 Å². The van der Waals surface area contributed by atoms with Gasteiger partial charge in [0.25, 0.3) is 0 Å². The molecule has 4 nitrogen and oxygen atoms in total. The highest BCUT2D eigenvalue weighted by atomic mass is 32.1. The summed E-state index contributed by atoms with van der Waals surface area (Å²) in [6, 6.07) is 6.64. The topological polar surface area (TPSA) is 43.4 Å². The Morgan fingerprint density at radius 1 is 1.20 bits per heavy atom. The van der Waals surface area contributed by atoms with Gasteiger partial charge in [0, 0.05) is 10.9 Å². The van der Waals surface area contributed by atoms with E-state index in [-0.39, 0.29) is 12.1 Å². The summed E-state index contributed by atoms with van der Waals surface area (Å²) in [6.45, 7) is 7.18. The molecule has 1 N–H and O–H groups in total. The Kier molecular flexibility index (Phi) is 5.97. The zero-order chi connectivity index (χ0) is 17.8. The van der Waals surface area contributed by atoms with E-state index in [0.717, 1.165) is 24.3 Å². The molecule has 2 aromatic rings. The molecule has 0 fully saturated rings. The molecule has 0 amide bonds. The van der Waals surface area contributed by atoms with Crippen LogP contribution in [0, 0.1) is 0 Å². The van der Waals surface area contributed by atoms with Crippen molar-refractivity contribution < 1.29 is 9.47 Å². The lowest BCUT2D eigenvalue weighted by atomic mass is 10.1. The third-order valence-electron chi connectivity index (χ3n) is 4.63. The van der Waals surface area contributed by atoms with E-state index >= 15 is 0 Å². The highest BCUT2D eigenvalue weighted by molar-refractivity contribution is 7.11. The number of nitrogens with one attached hydrogen (secondary N) is 1. The highest BCUT2D eigenvalue weighted by Crippen LogP contribution is 2.33. The molecule has 0 spiro atoms. The molecule has 1 heterocycles. The molecule has 0 aliphatic heterocycles. The predicted molar refractivity (Wildman–Crippen MR) is 103 cm³/mol. The van der Waals surface area contributed by atoms with Gasteiger partial charge in [0.15, 0.2) is 11.5 Å². The second kappa shape index (κ2) is 8.19. The standard InChI is InChI=1S/C20H28N2O2S/c1-5-11-24-17-10-9-15(12-18(17)23-4)13(2)21-14(3)20-22-16-7-6-8-19(16)25-20/h9-10,12-14,21H,5-8,11H2,1-4H3/t13-,14+/m0/s1. The van der Waals surface area contributed by atoms with Crippen LogP contribution >= 0.6 is 11.3 Å². The first kappa shape index (κ1) is 18.2. The number of aromatic nitrogens is 1. The quantitative estimate of drug-likeness (QED) is 0.731. The zero-order valence-corrected chi connectivity index (χ0v) is 16.4. The summed E-state index contributed by atoms with van der Waals surface area (Å²) in [4.78, 5) is 6.31. The first-order chi connectivity index (χ1) is 12.1. The molecule has 1 aromatic heterocycles. The number of hydrogen-bond acceptors (Lipinski definition) is 5. The predicted octanol–water partition coefficient (Wildman–Crippen LogP) is 4.84. The number of thiazole rings is 1. The van der Waals surface area contributed by atoms with Gasteiger partial charge in [-0.25, -0.2) is 4.98 Å². The molecule has 2 atom stereocenters. The summed E-state index contributed by atoms with van der Waals surface area (Å²) in [5.74, 6) is 1.60. The molecule has 5 heteroatoms. The van der Waals surface area contributed by atoms with E-state index in [9.17, 15) is 0 Å². The summed E-state index contributed by atoms with van der Waals surface area (Å²) in [5.41, 5.74) is 2.51. The van der Waals surface area contributed by atoms with Gasteiger partial charge in [-0.15, -0.1) is 11.3 Å². The van der Waals surface area contributed by atoms with Gasteiger partial charge in [0.1, 0.15) is 5.01 Å². The number of nitrogens with zero attached hydrogens (tertiary/aromatic N) is 1. The molecule has 0 unspecified atom stereocenters. The second-order valence-corrected chi connectivity index (χ2v) is 7.76. The first-order valence-electron chi connectivity index (χ1n) is 9.17. The van der Waals surface area contributed by atoms with Gasteiger partial charge in [0.2, 0.25) is 0 Å². The summed E-state index contributed by atoms with van der Waals surface area (Å²) >= 11 is 1.87. The third kappa shape index (κ3) is 4.15. The fourth-order valence-corrected chi connectivity index (χ4v) is 4.39. The van der Waals surface area contributed by atoms with Gasteiger partial charge in [0.05, 0.1) is 25.5 Å². The Bertz CT molecular complexity index is 692. The van der Waals surface area contributed by atoms with E-state index in [2.05, 4.69) is 38.2 Å². The molecule has 1 aliphatic carbocycles. The van der Waals surface area contributed by atoms with E-state index in [1.165, 1.54) is 34.0 Å². The lowest BCUT2D eigenvalue weighted by Gasteiger charge is -2.20. The Labute approximate surface area is 154 Å². The lowest BCUT2D eigenvalue weighted by Crippen LogP contribution is -2.22. The maximum Gasteiger partial charge on any atom is 0.161 e. The van der Waals surface area contributed by atoms with Crippen molar-refractivity contribution in [2.24, 2.45) is 0 Å². The number of aryl methyl sites for hydroxylation is 2. The number of rotatable bonds is 8. The van der Waals surface area contributed by atoms with Crippen LogP contribution in [-0.2, 0) is 12.8 Å². The number of benzene rings is 1. The second-order valence-electron chi connectivity index (χ2n) is 6.64. The number of methoxy groups -OCH3 is 1. The molecule has 0 saturated heterocycles. The highest BCUT2D eigenvalue weighted by Gasteiger charge is 2.21. The molecule has 3 rings (SSSR count). The van der Waals surface area contributed by atoms with Crippen molar-refractivity contribution in [3.05, 3.63) is 39.3 Å². The van der Waals surface area contributed by atoms with Crippen LogP contribution in [0.2, 0.25) is 0 Å². The number of fused-ring (bicyclic) bond motifs is 1. The van der Waals surface area contributed by atoms with Gasteiger partial charge in [-0.05, 0) is 57.2 Å². The van der Waals surface area contributed by atoms with Crippen LogP contribution in [0.15, 0.2) is 18.2 Å². The van der Waals surface area contributed by atoms with Crippen LogP contribution in [0.25, 0.3) is 0 Å². The fourth-order valence-electron chi connectivity index (χ4n) is 3.22. The van der Waals surface area contributed by atoms with E-state index in [0.29, 0.717) is 6.61 Å². The molecule has 0 radical (unpaired) electrons. The Morgan fingerprint density at radius 2 is 2.04 bits per heavy atom. The van der Waals surface area contributed by atoms with Gasteiger partial charge in [-0.1, -0.05) is 13.0 Å². The molecule has 1 aromatic carbocycles. The van der Waals surface area contributed by atoms with Crippen LogP contribution < -0.4 is 14.8 Å². The summed E-state index contributed by atoms with van der Waals surface area (Å²) < 4.78 is 11.2. The number of ether oxygens (including phenoxy) is 2. The minimum absolute atomic E-state index is 0.211. The van der Waals surface area contributed by atoms with Crippen molar-refractivity contribution in [2.45, 2.75) is 58.5 Å². The molecule has 1 aliphatic rings. The van der Waals surface area contributed by atoms with Crippen LogP contribution in [0.4, 0.5) is 0 Å². The minimum atomic E-state index is 0.211.